The number of aromatic carboxylic acids is 1. The average molecular weight is 626 g/mol. The molecule has 2 aromatic heterocycles. The van der Waals surface area contributed by atoms with Crippen LogP contribution in [-0.4, -0.2) is 63.5 Å². The highest BCUT2D eigenvalue weighted by molar-refractivity contribution is 6.38. The summed E-state index contributed by atoms with van der Waals surface area (Å²) in [7, 11) is 0. The minimum atomic E-state index is -1.70. The highest BCUT2D eigenvalue weighted by atomic mass is 35.5. The van der Waals surface area contributed by atoms with Gasteiger partial charge in [-0.1, -0.05) is 11.6 Å². The first-order valence-corrected chi connectivity index (χ1v) is 13.2. The number of fused-ring (bicyclic) bond motifs is 1. The van der Waals surface area contributed by atoms with Gasteiger partial charge in [0.2, 0.25) is 5.43 Å². The van der Waals surface area contributed by atoms with Gasteiger partial charge in [0.15, 0.2) is 29.1 Å². The number of anilines is 2. The lowest BCUT2D eigenvalue weighted by Gasteiger charge is -2.41. The number of halogens is 4. The van der Waals surface area contributed by atoms with Gasteiger partial charge >= 0.3 is 18.0 Å². The number of carbonyl (C=O) groups is 3. The van der Waals surface area contributed by atoms with Crippen molar-refractivity contribution in [3.8, 4) is 5.82 Å². The van der Waals surface area contributed by atoms with Gasteiger partial charge in [-0.15, -0.1) is 0 Å². The molecule has 1 amide bonds. The Hall–Kier alpha value is -4.53. The molecule has 43 heavy (non-hydrogen) atoms. The molecule has 1 atom stereocenters. The quantitative estimate of drug-likeness (QED) is 0.344. The number of ether oxygens (including phenoxy) is 2. The molecule has 4 rings (SSSR count). The van der Waals surface area contributed by atoms with E-state index in [2.05, 4.69) is 10.3 Å². The lowest BCUT2D eigenvalue weighted by molar-refractivity contribution is -0.152. The fraction of sp³-hybridized carbons (Fsp3) is 0.370. The molecule has 4 N–H and O–H groups in total. The smallest absolute Gasteiger partial charge is 0.408 e. The molecule has 0 aliphatic carbocycles. The van der Waals surface area contributed by atoms with E-state index in [1.807, 2.05) is 0 Å². The van der Waals surface area contributed by atoms with Crippen molar-refractivity contribution in [2.45, 2.75) is 52.4 Å². The van der Waals surface area contributed by atoms with E-state index < -0.39 is 86.3 Å². The molecular formula is C27H27ClF3N5O7. The number of nitrogens with one attached hydrogen (secondary N) is 1. The van der Waals surface area contributed by atoms with E-state index in [4.69, 9.17) is 26.8 Å². The predicted octanol–water partition coefficient (Wildman–Crippen LogP) is 3.69. The summed E-state index contributed by atoms with van der Waals surface area (Å²) in [6, 6.07) is -0.643. The van der Waals surface area contributed by atoms with Crippen LogP contribution < -0.4 is 21.4 Å². The molecule has 230 valence electrons. The first kappa shape index (κ1) is 31.4. The number of nitrogen functional groups attached to an aromatic ring is 1. The van der Waals surface area contributed by atoms with Crippen molar-refractivity contribution >= 4 is 52.0 Å². The van der Waals surface area contributed by atoms with Crippen LogP contribution in [0.25, 0.3) is 16.7 Å². The van der Waals surface area contributed by atoms with Gasteiger partial charge in [-0.3, -0.25) is 9.36 Å². The number of pyridine rings is 2. The Balaban J connectivity index is 1.70. The number of nitrogens with two attached hydrogens (primary N) is 1. The third kappa shape index (κ3) is 6.02. The second-order valence-electron chi connectivity index (χ2n) is 10.9. The molecule has 1 fully saturated rings. The summed E-state index contributed by atoms with van der Waals surface area (Å²) >= 11 is 6.61. The summed E-state index contributed by atoms with van der Waals surface area (Å²) in [5.74, 6) is -7.31. The predicted molar refractivity (Wildman–Crippen MR) is 149 cm³/mol. The minimum Gasteiger partial charge on any atom is -0.477 e. The number of esters is 1. The van der Waals surface area contributed by atoms with Crippen LogP contribution in [0.2, 0.25) is 5.02 Å². The number of rotatable bonds is 6. The molecule has 1 aliphatic heterocycles. The Morgan fingerprint density at radius 1 is 1.21 bits per heavy atom. The third-order valence-electron chi connectivity index (χ3n) is 6.47. The fourth-order valence-corrected chi connectivity index (χ4v) is 4.80. The SMILES string of the molecule is Cc1c(F)c(N2CC(OC(=O)[C@H](C)NC(=O)OC(C)(C)C)C2)c(Cl)c2c1c(=O)c(C(=O)O)cn2-c1nc(N)c(F)cc1F. The van der Waals surface area contributed by atoms with Crippen LogP contribution >= 0.6 is 11.6 Å². The number of aromatic nitrogens is 2. The molecule has 1 saturated heterocycles. The monoisotopic (exact) mass is 625 g/mol. The lowest BCUT2D eigenvalue weighted by atomic mass is 10.0. The molecular weight excluding hydrogens is 599 g/mol. The van der Waals surface area contributed by atoms with Crippen molar-refractivity contribution in [2.24, 2.45) is 0 Å². The van der Waals surface area contributed by atoms with E-state index >= 15 is 4.39 Å². The van der Waals surface area contributed by atoms with Gasteiger partial charge in [0, 0.05) is 17.8 Å². The van der Waals surface area contributed by atoms with E-state index in [-0.39, 0.29) is 29.9 Å². The van der Waals surface area contributed by atoms with E-state index in [0.29, 0.717) is 6.07 Å². The maximum atomic E-state index is 15.8. The molecule has 0 bridgehead atoms. The first-order valence-electron chi connectivity index (χ1n) is 12.8. The largest absolute Gasteiger partial charge is 0.477 e. The summed E-state index contributed by atoms with van der Waals surface area (Å²) in [6.07, 6.45) is -0.823. The molecule has 1 aromatic carbocycles. The number of benzene rings is 1. The van der Waals surface area contributed by atoms with Crippen LogP contribution in [0.4, 0.5) is 29.5 Å². The summed E-state index contributed by atoms with van der Waals surface area (Å²) in [4.78, 5) is 54.4. The minimum absolute atomic E-state index is 0.0555. The van der Waals surface area contributed by atoms with Gasteiger partial charge in [-0.2, -0.15) is 0 Å². The Labute approximate surface area is 247 Å². The molecule has 0 radical (unpaired) electrons. The normalized spacial score (nSPS) is 14.3. The van der Waals surface area contributed by atoms with Gasteiger partial charge in [0.05, 0.1) is 34.7 Å². The number of carbonyl (C=O) groups excluding carboxylic acids is 2. The van der Waals surface area contributed by atoms with E-state index in [9.17, 15) is 33.1 Å². The zero-order valence-electron chi connectivity index (χ0n) is 23.6. The Morgan fingerprint density at radius 2 is 1.84 bits per heavy atom. The number of aryl methyl sites for hydroxylation is 1. The maximum absolute atomic E-state index is 15.8. The van der Waals surface area contributed by atoms with Crippen LogP contribution in [0.15, 0.2) is 17.1 Å². The third-order valence-corrected chi connectivity index (χ3v) is 6.82. The second kappa shape index (κ2) is 11.3. The van der Waals surface area contributed by atoms with Gasteiger partial charge < -0.3 is 30.5 Å². The van der Waals surface area contributed by atoms with E-state index in [1.54, 1.807) is 20.8 Å². The number of carboxylic acid groups (broad SMARTS) is 1. The number of nitrogens with zero attached hydrogens (tertiary/aromatic N) is 3. The van der Waals surface area contributed by atoms with Crippen molar-refractivity contribution in [3.63, 3.8) is 0 Å². The number of hydrogen-bond acceptors (Lipinski definition) is 9. The van der Waals surface area contributed by atoms with Crippen LogP contribution in [-0.2, 0) is 14.3 Å². The van der Waals surface area contributed by atoms with Crippen LogP contribution in [0.1, 0.15) is 43.6 Å². The Morgan fingerprint density at radius 3 is 2.42 bits per heavy atom. The molecule has 0 saturated carbocycles. The van der Waals surface area contributed by atoms with Crippen LogP contribution in [0.5, 0.6) is 0 Å². The van der Waals surface area contributed by atoms with Crippen molar-refractivity contribution in [1.82, 2.24) is 14.9 Å². The van der Waals surface area contributed by atoms with Gasteiger partial charge in [-0.25, -0.2) is 32.5 Å². The summed E-state index contributed by atoms with van der Waals surface area (Å²) in [6.45, 7) is 7.46. The zero-order chi connectivity index (χ0) is 32.1. The van der Waals surface area contributed by atoms with Crippen molar-refractivity contribution < 1.29 is 42.1 Å². The van der Waals surface area contributed by atoms with Crippen LogP contribution in [0, 0.1) is 24.4 Å². The first-order chi connectivity index (χ1) is 19.9. The molecule has 0 unspecified atom stereocenters. The van der Waals surface area contributed by atoms with Crippen LogP contribution in [0.3, 0.4) is 0 Å². The second-order valence-corrected chi connectivity index (χ2v) is 11.2. The summed E-state index contributed by atoms with van der Waals surface area (Å²) in [5, 5.41) is 11.1. The molecule has 3 aromatic rings. The summed E-state index contributed by atoms with van der Waals surface area (Å²) in [5.41, 5.74) is 1.92. The molecule has 1 aliphatic rings. The van der Waals surface area contributed by atoms with Gasteiger partial charge in [-0.05, 0) is 34.6 Å². The number of carboxylic acids is 1. The molecule has 16 heteroatoms. The molecule has 0 spiro atoms. The number of amides is 1. The van der Waals surface area contributed by atoms with Crippen molar-refractivity contribution in [1.29, 1.82) is 0 Å². The summed E-state index contributed by atoms with van der Waals surface area (Å²) < 4.78 is 55.8. The maximum Gasteiger partial charge on any atom is 0.408 e. The van der Waals surface area contributed by atoms with E-state index in [1.165, 1.54) is 18.7 Å². The average Bonchev–Trinajstić information content (AvgIpc) is 2.86. The number of hydrogen-bond donors (Lipinski definition) is 3. The Bertz CT molecular complexity index is 1740. The lowest BCUT2D eigenvalue weighted by Crippen LogP contribution is -2.55. The number of alkyl carbamates (subject to hydrolysis) is 1. The highest BCUT2D eigenvalue weighted by Gasteiger charge is 2.37. The molecule has 3 heterocycles. The standard InChI is InChI=1S/C27H27ClF3N5O7/c1-10-16-19(36(9-13(21(16)37)24(38)39)23-15(30)6-14(29)22(32)34-23)17(28)20(18(10)31)35-7-12(8-35)42-25(40)11(2)33-26(41)43-27(3,4)5/h6,9,11-12H,7-8H2,1-5H3,(H2,32,34)(H,33,41)(H,38,39)/t11-/m0/s1. The Kier molecular flexibility index (Phi) is 8.24. The van der Waals surface area contributed by atoms with Crippen molar-refractivity contribution in [3.05, 3.63) is 56.1 Å². The van der Waals surface area contributed by atoms with Gasteiger partial charge in [0.25, 0.3) is 0 Å². The topological polar surface area (TPSA) is 166 Å². The fourth-order valence-electron chi connectivity index (χ4n) is 4.42. The zero-order valence-corrected chi connectivity index (χ0v) is 24.3. The highest BCUT2D eigenvalue weighted by Crippen LogP contribution is 2.41. The van der Waals surface area contributed by atoms with Crippen molar-refractivity contribution in [2.75, 3.05) is 23.7 Å². The van der Waals surface area contributed by atoms with Gasteiger partial charge in [0.1, 0.15) is 23.3 Å². The molecule has 12 nitrogen and oxygen atoms in total. The van der Waals surface area contributed by atoms with E-state index in [0.717, 1.165) is 10.8 Å².